The summed E-state index contributed by atoms with van der Waals surface area (Å²) >= 11 is 0. The molecular weight excluding hydrogens is 409 g/mol. The maximum Gasteiger partial charge on any atom is 0.408 e. The molecule has 0 radical (unpaired) electrons. The summed E-state index contributed by atoms with van der Waals surface area (Å²) in [6.45, 7) is 0.778. The zero-order valence-electron chi connectivity index (χ0n) is 17.1. The molecule has 1 aliphatic carbocycles. The molecule has 0 saturated heterocycles. The van der Waals surface area contributed by atoms with E-state index in [4.69, 9.17) is 4.98 Å². The van der Waals surface area contributed by atoms with Gasteiger partial charge in [0.25, 0.3) is 0 Å². The number of nitrogens with one attached hydrogen (secondary N) is 1. The van der Waals surface area contributed by atoms with Gasteiger partial charge in [0.15, 0.2) is 11.6 Å². The second-order valence-corrected chi connectivity index (χ2v) is 7.89. The fraction of sp³-hybridized carbons (Fsp3) is 0.400. The molecule has 0 bridgehead atoms. The first kappa shape index (κ1) is 19.6. The van der Waals surface area contributed by atoms with Crippen molar-refractivity contribution in [3.63, 3.8) is 0 Å². The Morgan fingerprint density at radius 2 is 2.00 bits per heavy atom. The molecule has 0 aliphatic heterocycles. The van der Waals surface area contributed by atoms with Gasteiger partial charge in [-0.15, -0.1) is 5.10 Å². The van der Waals surface area contributed by atoms with E-state index in [1.165, 1.54) is 12.6 Å². The Balaban J connectivity index is 1.62. The number of aromatic nitrogens is 7. The van der Waals surface area contributed by atoms with Gasteiger partial charge in [0.1, 0.15) is 12.1 Å². The van der Waals surface area contributed by atoms with Crippen molar-refractivity contribution in [2.45, 2.75) is 44.9 Å². The third-order valence-electron chi connectivity index (χ3n) is 5.61. The van der Waals surface area contributed by atoms with Gasteiger partial charge in [0, 0.05) is 43.4 Å². The van der Waals surface area contributed by atoms with Gasteiger partial charge in [-0.1, -0.05) is 0 Å². The summed E-state index contributed by atoms with van der Waals surface area (Å²) in [4.78, 5) is 9.09. The molecule has 8 nitrogen and oxygen atoms in total. The van der Waals surface area contributed by atoms with Crippen LogP contribution in [0, 0.1) is 6.92 Å². The molecule has 31 heavy (non-hydrogen) atoms. The summed E-state index contributed by atoms with van der Waals surface area (Å²) in [5.74, 6) is 1.78. The Morgan fingerprint density at radius 3 is 2.65 bits per heavy atom. The van der Waals surface area contributed by atoms with Gasteiger partial charge < -0.3 is 9.88 Å². The first-order valence-electron chi connectivity index (χ1n) is 10.0. The summed E-state index contributed by atoms with van der Waals surface area (Å²) in [5.41, 5.74) is 2.81. The van der Waals surface area contributed by atoms with Crippen LogP contribution in [-0.2, 0) is 13.6 Å². The zero-order valence-corrected chi connectivity index (χ0v) is 17.1. The Labute approximate surface area is 175 Å². The highest BCUT2D eigenvalue weighted by atomic mass is 19.4. The molecule has 1 N–H and O–H groups in total. The number of imidazole rings is 1. The fourth-order valence-corrected chi connectivity index (χ4v) is 3.79. The standard InChI is InChI=1S/C20H21F3N8/c1-12-14(15-6-8-30(27-15)11-20(21,22)23)10-31-16(12)17(25-13-4-3-5-13)26-18(28-31)19-24-7-9-29(19)2/h6-10,13H,3-5,11H2,1-2H3,(H,25,26,28). The van der Waals surface area contributed by atoms with E-state index in [1.807, 2.05) is 24.7 Å². The van der Waals surface area contributed by atoms with Crippen molar-refractivity contribution in [3.05, 3.63) is 36.4 Å². The van der Waals surface area contributed by atoms with E-state index in [-0.39, 0.29) is 0 Å². The molecule has 1 fully saturated rings. The number of hydrogen-bond donors (Lipinski definition) is 1. The normalized spacial score (nSPS) is 14.9. The van der Waals surface area contributed by atoms with Crippen LogP contribution in [0.4, 0.5) is 19.0 Å². The van der Waals surface area contributed by atoms with Crippen LogP contribution < -0.4 is 5.32 Å². The minimum Gasteiger partial charge on any atom is -0.365 e. The van der Waals surface area contributed by atoms with Crippen molar-refractivity contribution in [1.82, 2.24) is 33.9 Å². The highest BCUT2D eigenvalue weighted by Crippen LogP contribution is 2.33. The molecule has 11 heteroatoms. The van der Waals surface area contributed by atoms with Crippen LogP contribution in [0.15, 0.2) is 30.9 Å². The van der Waals surface area contributed by atoms with E-state index < -0.39 is 12.7 Å². The SMILES string of the molecule is Cc1c(-c2ccn(CC(F)(F)F)n2)cn2nc(-c3nccn3C)nc(NC3CCC3)c12. The molecular formula is C20H21F3N8. The van der Waals surface area contributed by atoms with Crippen molar-refractivity contribution in [3.8, 4) is 22.9 Å². The molecule has 0 aromatic carbocycles. The number of alkyl halides is 3. The fourth-order valence-electron chi connectivity index (χ4n) is 3.79. The second kappa shape index (κ2) is 7.10. The van der Waals surface area contributed by atoms with Crippen molar-refractivity contribution < 1.29 is 13.2 Å². The highest BCUT2D eigenvalue weighted by molar-refractivity contribution is 5.82. The maximum absolute atomic E-state index is 12.7. The van der Waals surface area contributed by atoms with Gasteiger partial charge in [-0.25, -0.2) is 14.5 Å². The molecule has 162 valence electrons. The van der Waals surface area contributed by atoms with E-state index in [0.717, 1.165) is 28.6 Å². The second-order valence-electron chi connectivity index (χ2n) is 7.89. The number of aryl methyl sites for hydroxylation is 2. The van der Waals surface area contributed by atoms with Crippen molar-refractivity contribution >= 4 is 11.3 Å². The van der Waals surface area contributed by atoms with Gasteiger partial charge in [0.2, 0.25) is 5.82 Å². The first-order valence-corrected chi connectivity index (χ1v) is 10.0. The molecule has 4 heterocycles. The minimum absolute atomic E-state index is 0.344. The Morgan fingerprint density at radius 1 is 1.19 bits per heavy atom. The quantitative estimate of drug-likeness (QED) is 0.521. The molecule has 0 amide bonds. The molecule has 1 saturated carbocycles. The van der Waals surface area contributed by atoms with E-state index in [0.29, 0.717) is 34.8 Å². The van der Waals surface area contributed by atoms with Gasteiger partial charge in [-0.3, -0.25) is 4.68 Å². The Kier molecular flexibility index (Phi) is 4.49. The Bertz CT molecular complexity index is 1250. The number of halogens is 3. The van der Waals surface area contributed by atoms with Crippen LogP contribution in [-0.4, -0.2) is 46.1 Å². The molecule has 1 aliphatic rings. The molecule has 0 atom stereocenters. The van der Waals surface area contributed by atoms with Gasteiger partial charge >= 0.3 is 6.18 Å². The largest absolute Gasteiger partial charge is 0.408 e. The smallest absolute Gasteiger partial charge is 0.365 e. The predicted molar refractivity (Wildman–Crippen MR) is 108 cm³/mol. The monoisotopic (exact) mass is 430 g/mol. The van der Waals surface area contributed by atoms with Crippen LogP contribution in [0.2, 0.25) is 0 Å². The van der Waals surface area contributed by atoms with E-state index in [2.05, 4.69) is 20.5 Å². The van der Waals surface area contributed by atoms with Crippen molar-refractivity contribution in [2.24, 2.45) is 7.05 Å². The molecule has 4 aromatic heterocycles. The lowest BCUT2D eigenvalue weighted by molar-refractivity contribution is -0.142. The average molecular weight is 430 g/mol. The number of rotatable bonds is 5. The summed E-state index contributed by atoms with van der Waals surface area (Å²) in [6, 6.07) is 1.93. The number of nitrogens with zero attached hydrogens (tertiary/aromatic N) is 7. The van der Waals surface area contributed by atoms with Gasteiger partial charge in [0.05, 0.1) is 5.69 Å². The van der Waals surface area contributed by atoms with Crippen LogP contribution in [0.5, 0.6) is 0 Å². The molecule has 0 unspecified atom stereocenters. The van der Waals surface area contributed by atoms with E-state index in [1.54, 1.807) is 23.0 Å². The third kappa shape index (κ3) is 3.64. The lowest BCUT2D eigenvalue weighted by atomic mass is 9.93. The maximum atomic E-state index is 12.7. The van der Waals surface area contributed by atoms with Crippen LogP contribution in [0.1, 0.15) is 24.8 Å². The predicted octanol–water partition coefficient (Wildman–Crippen LogP) is 3.83. The molecule has 5 rings (SSSR count). The molecule has 0 spiro atoms. The zero-order chi connectivity index (χ0) is 21.8. The summed E-state index contributed by atoms with van der Waals surface area (Å²) in [7, 11) is 1.87. The number of anilines is 1. The minimum atomic E-state index is -4.33. The average Bonchev–Trinajstić information content (AvgIpc) is 3.36. The molecule has 4 aromatic rings. The lowest BCUT2D eigenvalue weighted by Gasteiger charge is -2.27. The van der Waals surface area contributed by atoms with Crippen LogP contribution in [0.25, 0.3) is 28.4 Å². The summed E-state index contributed by atoms with van der Waals surface area (Å²) in [5, 5.41) is 12.3. The lowest BCUT2D eigenvalue weighted by Crippen LogP contribution is -2.28. The summed E-state index contributed by atoms with van der Waals surface area (Å²) < 4.78 is 42.6. The Hall–Kier alpha value is -3.37. The van der Waals surface area contributed by atoms with Gasteiger partial charge in [-0.2, -0.15) is 18.3 Å². The van der Waals surface area contributed by atoms with Crippen molar-refractivity contribution in [1.29, 1.82) is 0 Å². The van der Waals surface area contributed by atoms with Crippen molar-refractivity contribution in [2.75, 3.05) is 5.32 Å². The highest BCUT2D eigenvalue weighted by Gasteiger charge is 2.29. The topological polar surface area (TPSA) is 77.9 Å². The number of fused-ring (bicyclic) bond motifs is 1. The first-order chi connectivity index (χ1) is 14.8. The van der Waals surface area contributed by atoms with Crippen LogP contribution in [0.3, 0.4) is 0 Å². The summed E-state index contributed by atoms with van der Waals surface area (Å²) in [6.07, 6.45) is 5.61. The number of hydrogen-bond acceptors (Lipinski definition) is 5. The van der Waals surface area contributed by atoms with Crippen LogP contribution >= 0.6 is 0 Å². The van der Waals surface area contributed by atoms with E-state index in [9.17, 15) is 13.2 Å². The van der Waals surface area contributed by atoms with E-state index >= 15 is 0 Å². The van der Waals surface area contributed by atoms with Gasteiger partial charge in [-0.05, 0) is 37.8 Å². The third-order valence-corrected chi connectivity index (χ3v) is 5.61.